The fourth-order valence-corrected chi connectivity index (χ4v) is 2.06. The Kier molecular flexibility index (Phi) is 1.61. The fraction of sp³-hybridized carbons (Fsp3) is 0.889. The third kappa shape index (κ3) is 1.25. The Morgan fingerprint density at radius 1 is 1.45 bits per heavy atom. The molecule has 1 heterocycles. The predicted molar refractivity (Wildman–Crippen MR) is 42.9 cm³/mol. The molecule has 2 aliphatic rings. The van der Waals surface area contributed by atoms with Crippen LogP contribution in [0, 0.1) is 17.2 Å². The van der Waals surface area contributed by atoms with Crippen LogP contribution in [0.15, 0.2) is 0 Å². The van der Waals surface area contributed by atoms with Gasteiger partial charge in [-0.15, -0.1) is 0 Å². The van der Waals surface area contributed by atoms with Gasteiger partial charge in [0.2, 0.25) is 0 Å². The van der Waals surface area contributed by atoms with Crippen LogP contribution in [0.4, 0.5) is 0 Å². The molecular formula is C9H14N2. The van der Waals surface area contributed by atoms with Crippen LogP contribution in [-0.4, -0.2) is 23.5 Å². The number of likely N-dealkylation sites (tertiary alicyclic amines) is 1. The lowest BCUT2D eigenvalue weighted by atomic mass is 10.1. The zero-order valence-corrected chi connectivity index (χ0v) is 6.95. The second-order valence-corrected chi connectivity index (χ2v) is 3.84. The number of rotatable bonds is 1. The molecular weight excluding hydrogens is 136 g/mol. The quantitative estimate of drug-likeness (QED) is 0.564. The molecule has 1 saturated carbocycles. The van der Waals surface area contributed by atoms with Gasteiger partial charge in [0.05, 0.1) is 12.0 Å². The molecule has 2 atom stereocenters. The average Bonchev–Trinajstić information content (AvgIpc) is 2.76. The Balaban J connectivity index is 1.97. The van der Waals surface area contributed by atoms with Crippen LogP contribution < -0.4 is 0 Å². The SMILES string of the molecule is CC1CC(C#N)CN1C1CC1. The molecule has 0 aromatic rings. The van der Waals surface area contributed by atoms with Crippen molar-refractivity contribution in [2.24, 2.45) is 5.92 Å². The van der Waals surface area contributed by atoms with Gasteiger partial charge < -0.3 is 0 Å². The fourth-order valence-electron chi connectivity index (χ4n) is 2.06. The van der Waals surface area contributed by atoms with E-state index < -0.39 is 0 Å². The van der Waals surface area contributed by atoms with E-state index in [0.717, 1.165) is 19.0 Å². The summed E-state index contributed by atoms with van der Waals surface area (Å²) in [5.41, 5.74) is 0. The molecule has 0 amide bonds. The summed E-state index contributed by atoms with van der Waals surface area (Å²) in [5, 5.41) is 8.73. The lowest BCUT2D eigenvalue weighted by Crippen LogP contribution is -2.29. The lowest BCUT2D eigenvalue weighted by molar-refractivity contribution is 0.256. The van der Waals surface area contributed by atoms with E-state index in [2.05, 4.69) is 17.9 Å². The van der Waals surface area contributed by atoms with Gasteiger partial charge in [-0.1, -0.05) is 0 Å². The van der Waals surface area contributed by atoms with E-state index >= 15 is 0 Å². The molecule has 0 N–H and O–H groups in total. The summed E-state index contributed by atoms with van der Waals surface area (Å²) in [6.45, 7) is 3.28. The van der Waals surface area contributed by atoms with Gasteiger partial charge in [-0.2, -0.15) is 5.26 Å². The average molecular weight is 150 g/mol. The summed E-state index contributed by atoms with van der Waals surface area (Å²) in [6.07, 6.45) is 3.82. The summed E-state index contributed by atoms with van der Waals surface area (Å²) in [7, 11) is 0. The summed E-state index contributed by atoms with van der Waals surface area (Å²) in [5.74, 6) is 0.311. The van der Waals surface area contributed by atoms with Gasteiger partial charge in [0.25, 0.3) is 0 Å². The van der Waals surface area contributed by atoms with Crippen molar-refractivity contribution in [3.8, 4) is 6.07 Å². The molecule has 0 spiro atoms. The maximum atomic E-state index is 8.73. The van der Waals surface area contributed by atoms with Crippen LogP contribution >= 0.6 is 0 Å². The second-order valence-electron chi connectivity index (χ2n) is 3.84. The highest BCUT2D eigenvalue weighted by molar-refractivity contribution is 4.99. The van der Waals surface area contributed by atoms with Crippen molar-refractivity contribution in [2.75, 3.05) is 6.54 Å². The smallest absolute Gasteiger partial charge is 0.0669 e. The van der Waals surface area contributed by atoms with Gasteiger partial charge in [-0.05, 0) is 26.2 Å². The molecule has 0 aromatic carbocycles. The van der Waals surface area contributed by atoms with E-state index in [-0.39, 0.29) is 0 Å². The second kappa shape index (κ2) is 2.49. The molecule has 60 valence electrons. The summed E-state index contributed by atoms with van der Waals surface area (Å²) in [4.78, 5) is 2.51. The zero-order valence-electron chi connectivity index (χ0n) is 6.95. The number of nitriles is 1. The van der Waals surface area contributed by atoms with E-state index in [0.29, 0.717) is 12.0 Å². The van der Waals surface area contributed by atoms with Crippen LogP contribution in [-0.2, 0) is 0 Å². The molecule has 0 aromatic heterocycles. The largest absolute Gasteiger partial charge is 0.296 e. The van der Waals surface area contributed by atoms with E-state index in [1.54, 1.807) is 0 Å². The molecule has 0 radical (unpaired) electrons. The molecule has 2 fully saturated rings. The van der Waals surface area contributed by atoms with Crippen LogP contribution in [0.2, 0.25) is 0 Å². The molecule has 2 heteroatoms. The first-order valence-electron chi connectivity index (χ1n) is 4.46. The molecule has 0 bridgehead atoms. The first kappa shape index (κ1) is 7.12. The highest BCUT2D eigenvalue weighted by atomic mass is 15.2. The molecule has 1 aliphatic heterocycles. The Bertz CT molecular complexity index is 190. The Morgan fingerprint density at radius 3 is 2.64 bits per heavy atom. The van der Waals surface area contributed by atoms with Gasteiger partial charge in [0.1, 0.15) is 0 Å². The van der Waals surface area contributed by atoms with Crippen molar-refractivity contribution in [2.45, 2.75) is 38.3 Å². The van der Waals surface area contributed by atoms with Crippen LogP contribution in [0.1, 0.15) is 26.2 Å². The van der Waals surface area contributed by atoms with Crippen molar-refractivity contribution in [1.82, 2.24) is 4.90 Å². The number of hydrogen-bond donors (Lipinski definition) is 0. The van der Waals surface area contributed by atoms with Gasteiger partial charge in [-0.25, -0.2) is 0 Å². The minimum atomic E-state index is 0.311. The van der Waals surface area contributed by atoms with Crippen molar-refractivity contribution in [3.05, 3.63) is 0 Å². The van der Waals surface area contributed by atoms with Crippen molar-refractivity contribution in [3.63, 3.8) is 0 Å². The highest BCUT2D eigenvalue weighted by Gasteiger charge is 2.38. The Labute approximate surface area is 67.8 Å². The predicted octanol–water partition coefficient (Wildman–Crippen LogP) is 1.38. The maximum Gasteiger partial charge on any atom is 0.0669 e. The van der Waals surface area contributed by atoms with E-state index in [1.165, 1.54) is 12.8 Å². The normalized spacial score (nSPS) is 38.9. The van der Waals surface area contributed by atoms with Crippen LogP contribution in [0.3, 0.4) is 0 Å². The lowest BCUT2D eigenvalue weighted by Gasteiger charge is -2.19. The van der Waals surface area contributed by atoms with E-state index in [1.807, 2.05) is 0 Å². The summed E-state index contributed by atoms with van der Waals surface area (Å²) in [6, 6.07) is 3.86. The maximum absolute atomic E-state index is 8.73. The molecule has 2 unspecified atom stereocenters. The summed E-state index contributed by atoms with van der Waals surface area (Å²) >= 11 is 0. The minimum Gasteiger partial charge on any atom is -0.296 e. The first-order valence-corrected chi connectivity index (χ1v) is 4.46. The van der Waals surface area contributed by atoms with Crippen molar-refractivity contribution >= 4 is 0 Å². The van der Waals surface area contributed by atoms with Gasteiger partial charge in [0, 0.05) is 18.6 Å². The third-order valence-electron chi connectivity index (χ3n) is 2.82. The first-order chi connectivity index (χ1) is 5.31. The summed E-state index contributed by atoms with van der Waals surface area (Å²) < 4.78 is 0. The standard InChI is InChI=1S/C9H14N2/c1-7-4-8(5-10)6-11(7)9-2-3-9/h7-9H,2-4,6H2,1H3. The Hall–Kier alpha value is -0.550. The zero-order chi connectivity index (χ0) is 7.84. The molecule has 1 aliphatic carbocycles. The molecule has 11 heavy (non-hydrogen) atoms. The van der Waals surface area contributed by atoms with Crippen molar-refractivity contribution < 1.29 is 0 Å². The Morgan fingerprint density at radius 2 is 2.18 bits per heavy atom. The van der Waals surface area contributed by atoms with E-state index in [9.17, 15) is 0 Å². The number of nitrogens with zero attached hydrogens (tertiary/aromatic N) is 2. The van der Waals surface area contributed by atoms with Gasteiger partial charge in [-0.3, -0.25) is 4.90 Å². The molecule has 1 saturated heterocycles. The van der Waals surface area contributed by atoms with Crippen molar-refractivity contribution in [1.29, 1.82) is 5.26 Å². The topological polar surface area (TPSA) is 27.0 Å². The van der Waals surface area contributed by atoms with Gasteiger partial charge >= 0.3 is 0 Å². The highest BCUT2D eigenvalue weighted by Crippen LogP contribution is 2.34. The minimum absolute atomic E-state index is 0.311. The third-order valence-corrected chi connectivity index (χ3v) is 2.82. The molecule has 2 nitrogen and oxygen atoms in total. The monoisotopic (exact) mass is 150 g/mol. The van der Waals surface area contributed by atoms with Crippen LogP contribution in [0.25, 0.3) is 0 Å². The molecule has 2 rings (SSSR count). The number of hydrogen-bond acceptors (Lipinski definition) is 2. The van der Waals surface area contributed by atoms with Gasteiger partial charge in [0.15, 0.2) is 0 Å². The van der Waals surface area contributed by atoms with E-state index in [4.69, 9.17) is 5.26 Å². The van der Waals surface area contributed by atoms with Crippen LogP contribution in [0.5, 0.6) is 0 Å².